The zero-order valence-corrected chi connectivity index (χ0v) is 10.3. The third kappa shape index (κ3) is 1.77. The number of hydrogen-bond donors (Lipinski definition) is 1. The van der Waals surface area contributed by atoms with Gasteiger partial charge in [-0.05, 0) is 30.7 Å². The Morgan fingerprint density at radius 1 is 1.26 bits per heavy atom. The summed E-state index contributed by atoms with van der Waals surface area (Å²) in [6, 6.07) is 5.25. The lowest BCUT2D eigenvalue weighted by Gasteiger charge is -2.09. The number of aryl methyl sites for hydroxylation is 1. The summed E-state index contributed by atoms with van der Waals surface area (Å²) in [4.78, 5) is 28.6. The van der Waals surface area contributed by atoms with Crippen LogP contribution in [-0.4, -0.2) is 17.1 Å². The second-order valence-corrected chi connectivity index (χ2v) is 4.22. The van der Waals surface area contributed by atoms with E-state index in [1.54, 1.807) is 19.2 Å². The van der Waals surface area contributed by atoms with E-state index >= 15 is 0 Å². The first-order valence-electron chi connectivity index (χ1n) is 5.61. The van der Waals surface area contributed by atoms with Gasteiger partial charge in [-0.3, -0.25) is 9.78 Å². The Morgan fingerprint density at radius 2 is 2.05 bits per heavy atom. The van der Waals surface area contributed by atoms with Gasteiger partial charge in [0.15, 0.2) is 0 Å². The van der Waals surface area contributed by atoms with Crippen LogP contribution in [0.1, 0.15) is 5.56 Å². The second-order valence-electron chi connectivity index (χ2n) is 4.22. The molecule has 0 aromatic heterocycles. The van der Waals surface area contributed by atoms with Crippen molar-refractivity contribution in [3.63, 3.8) is 0 Å². The highest BCUT2D eigenvalue weighted by Gasteiger charge is 2.16. The minimum absolute atomic E-state index is 0.0221. The van der Waals surface area contributed by atoms with Crippen molar-refractivity contribution >= 4 is 11.0 Å². The van der Waals surface area contributed by atoms with E-state index in [9.17, 15) is 9.59 Å². The Kier molecular flexibility index (Phi) is 2.38. The smallest absolute Gasteiger partial charge is 0.351 e. The normalized spacial score (nSPS) is 11.1. The summed E-state index contributed by atoms with van der Waals surface area (Å²) in [6.07, 6.45) is 0. The lowest BCUT2D eigenvalue weighted by Crippen LogP contribution is -2.24. The van der Waals surface area contributed by atoms with E-state index in [0.29, 0.717) is 16.7 Å². The molecule has 2 heterocycles. The van der Waals surface area contributed by atoms with E-state index in [2.05, 4.69) is 9.97 Å². The highest BCUT2D eigenvalue weighted by atomic mass is 16.5. The summed E-state index contributed by atoms with van der Waals surface area (Å²) < 4.78 is 10.8. The van der Waals surface area contributed by atoms with Crippen molar-refractivity contribution in [1.29, 1.82) is 0 Å². The number of aromatic amines is 1. The molecule has 0 amide bonds. The van der Waals surface area contributed by atoms with Crippen molar-refractivity contribution < 1.29 is 9.15 Å². The lowest BCUT2D eigenvalue weighted by molar-refractivity contribution is 0.418. The molecule has 0 unspecified atom stereocenters. The van der Waals surface area contributed by atoms with Crippen LogP contribution >= 0.6 is 0 Å². The molecule has 0 radical (unpaired) electrons. The molecule has 96 valence electrons. The first-order chi connectivity index (χ1) is 9.08. The van der Waals surface area contributed by atoms with Crippen molar-refractivity contribution in [2.45, 2.75) is 6.92 Å². The highest BCUT2D eigenvalue weighted by Crippen LogP contribution is 2.31. The molecule has 19 heavy (non-hydrogen) atoms. The summed E-state index contributed by atoms with van der Waals surface area (Å²) in [7, 11) is 1.54. The number of nitrogens with zero attached hydrogens (tertiary/aromatic N) is 1. The van der Waals surface area contributed by atoms with Gasteiger partial charge in [-0.25, -0.2) is 4.79 Å². The van der Waals surface area contributed by atoms with Gasteiger partial charge in [0.25, 0.3) is 5.56 Å². The van der Waals surface area contributed by atoms with Crippen LogP contribution in [0.5, 0.6) is 5.75 Å². The largest absolute Gasteiger partial charge is 0.496 e. The molecule has 0 atom stereocenters. The summed E-state index contributed by atoms with van der Waals surface area (Å²) in [5.41, 5.74) is 0.430. The van der Waals surface area contributed by atoms with Gasteiger partial charge in [-0.2, -0.15) is 4.98 Å². The maximum absolute atomic E-state index is 11.7. The van der Waals surface area contributed by atoms with Gasteiger partial charge in [0, 0.05) is 0 Å². The summed E-state index contributed by atoms with van der Waals surface area (Å²) in [6.45, 7) is 1.89. The molecule has 0 spiro atoms. The fraction of sp³-hybridized carbons (Fsp3) is 0.154. The quantitative estimate of drug-likeness (QED) is 0.665. The van der Waals surface area contributed by atoms with Crippen LogP contribution in [0.4, 0.5) is 0 Å². The monoisotopic (exact) mass is 258 g/mol. The van der Waals surface area contributed by atoms with E-state index in [1.807, 2.05) is 13.0 Å². The molecule has 2 aliphatic rings. The maximum Gasteiger partial charge on any atom is 0.351 e. The van der Waals surface area contributed by atoms with Gasteiger partial charge in [-0.1, -0.05) is 0 Å². The molecule has 0 saturated heterocycles. The molecule has 0 bridgehead atoms. The molecule has 1 aromatic rings. The summed E-state index contributed by atoms with van der Waals surface area (Å²) in [5.74, 6) is 0.625. The van der Waals surface area contributed by atoms with Crippen LogP contribution < -0.4 is 16.0 Å². The second kappa shape index (κ2) is 3.94. The SMILES string of the molecule is COc1cc(C)cc2oc3nc(=O)[nH]c(=O)c-3cc12. The zero-order chi connectivity index (χ0) is 13.6. The number of H-pyrrole nitrogens is 1. The predicted octanol–water partition coefficient (Wildman–Crippen LogP) is 1.30. The number of hydrogen-bond acceptors (Lipinski definition) is 5. The Balaban J connectivity index is 2.53. The van der Waals surface area contributed by atoms with Gasteiger partial charge < -0.3 is 9.15 Å². The first-order valence-corrected chi connectivity index (χ1v) is 5.61. The summed E-state index contributed by atoms with van der Waals surface area (Å²) in [5, 5.41) is 0.659. The fourth-order valence-electron chi connectivity index (χ4n) is 2.02. The molecule has 0 fully saturated rings. The van der Waals surface area contributed by atoms with E-state index in [0.717, 1.165) is 5.56 Å². The molecule has 0 aliphatic carbocycles. The van der Waals surface area contributed by atoms with Crippen molar-refractivity contribution in [2.75, 3.05) is 7.11 Å². The zero-order valence-electron chi connectivity index (χ0n) is 10.3. The standard InChI is InChI=1S/C13H10N2O4/c1-6-3-9(18-2)7-5-8-11(16)14-13(17)15-12(8)19-10(7)4-6/h3-5H,1-2H3,(H,14,16,17). The van der Waals surface area contributed by atoms with Crippen LogP contribution in [0.2, 0.25) is 0 Å². The number of nitrogens with one attached hydrogen (secondary N) is 1. The van der Waals surface area contributed by atoms with Crippen LogP contribution in [0.15, 0.2) is 32.2 Å². The fourth-order valence-corrected chi connectivity index (χ4v) is 2.02. The topological polar surface area (TPSA) is 85.2 Å². The Hall–Kier alpha value is -2.63. The minimum atomic E-state index is -0.722. The Bertz CT molecular complexity index is 863. The maximum atomic E-state index is 11.7. The van der Waals surface area contributed by atoms with E-state index in [-0.39, 0.29) is 11.5 Å². The minimum Gasteiger partial charge on any atom is -0.496 e. The number of rotatable bonds is 1. The summed E-state index contributed by atoms with van der Waals surface area (Å²) >= 11 is 0. The molecule has 2 aliphatic heterocycles. The number of ether oxygens (including phenoxy) is 1. The lowest BCUT2D eigenvalue weighted by atomic mass is 10.1. The van der Waals surface area contributed by atoms with Crippen LogP contribution in [-0.2, 0) is 0 Å². The first kappa shape index (κ1) is 11.5. The molecule has 0 saturated carbocycles. The van der Waals surface area contributed by atoms with E-state index in [4.69, 9.17) is 9.15 Å². The van der Waals surface area contributed by atoms with Gasteiger partial charge in [0.05, 0.1) is 12.5 Å². The van der Waals surface area contributed by atoms with Gasteiger partial charge in [0.1, 0.15) is 16.9 Å². The van der Waals surface area contributed by atoms with Crippen LogP contribution in [0, 0.1) is 6.92 Å². The van der Waals surface area contributed by atoms with Crippen LogP contribution in [0.25, 0.3) is 22.4 Å². The number of methoxy groups -OCH3 is 1. The van der Waals surface area contributed by atoms with E-state index in [1.165, 1.54) is 0 Å². The van der Waals surface area contributed by atoms with Gasteiger partial charge >= 0.3 is 5.69 Å². The number of benzene rings is 1. The highest BCUT2D eigenvalue weighted by molar-refractivity contribution is 5.88. The molecule has 3 rings (SSSR count). The average molecular weight is 258 g/mol. The molecule has 1 aromatic carbocycles. The molecule has 6 nitrogen and oxygen atoms in total. The van der Waals surface area contributed by atoms with Crippen molar-refractivity contribution in [1.82, 2.24) is 9.97 Å². The number of aromatic nitrogens is 2. The third-order valence-corrected chi connectivity index (χ3v) is 2.86. The Morgan fingerprint density at radius 3 is 2.79 bits per heavy atom. The van der Waals surface area contributed by atoms with Gasteiger partial charge in [-0.15, -0.1) is 0 Å². The third-order valence-electron chi connectivity index (χ3n) is 2.86. The van der Waals surface area contributed by atoms with Crippen molar-refractivity contribution in [2.24, 2.45) is 0 Å². The molecular weight excluding hydrogens is 248 g/mol. The molecule has 6 heteroatoms. The van der Waals surface area contributed by atoms with Crippen molar-refractivity contribution in [3.05, 3.63) is 44.6 Å². The predicted molar refractivity (Wildman–Crippen MR) is 68.8 cm³/mol. The Labute approximate surface area is 107 Å². The number of fused-ring (bicyclic) bond motifs is 2. The van der Waals surface area contributed by atoms with Crippen molar-refractivity contribution in [3.8, 4) is 17.2 Å². The van der Waals surface area contributed by atoms with Gasteiger partial charge in [0.2, 0.25) is 5.89 Å². The van der Waals surface area contributed by atoms with Crippen LogP contribution in [0.3, 0.4) is 0 Å². The average Bonchev–Trinajstić information content (AvgIpc) is 2.35. The molecular formula is C13H10N2O4. The van der Waals surface area contributed by atoms with E-state index < -0.39 is 11.2 Å². The molecule has 1 N–H and O–H groups in total.